The topological polar surface area (TPSA) is 23.8 Å². The summed E-state index contributed by atoms with van der Waals surface area (Å²) in [6, 6.07) is 2.00. The zero-order valence-electron chi connectivity index (χ0n) is 7.02. The Morgan fingerprint density at radius 3 is 2.40 bits per heavy atom. The van der Waals surface area contributed by atoms with Gasteiger partial charge in [-0.1, -0.05) is 32.6 Å². The van der Waals surface area contributed by atoms with Crippen molar-refractivity contribution < 1.29 is 0 Å². The molecule has 0 bridgehead atoms. The summed E-state index contributed by atoms with van der Waals surface area (Å²) in [5.74, 6) is 0. The lowest BCUT2D eigenvalue weighted by molar-refractivity contribution is 1.28. The molecule has 0 spiro atoms. The molecular weight excluding hydrogens is 122 g/mol. The van der Waals surface area contributed by atoms with Gasteiger partial charge in [0.25, 0.3) is 0 Å². The van der Waals surface area contributed by atoms with Gasteiger partial charge >= 0.3 is 0 Å². The molecule has 0 aromatic carbocycles. The van der Waals surface area contributed by atoms with Gasteiger partial charge in [-0.05, 0) is 12.5 Å². The quantitative estimate of drug-likeness (QED) is 0.536. The van der Waals surface area contributed by atoms with Crippen molar-refractivity contribution in [3.8, 4) is 6.07 Å². The molecule has 1 nitrogen and oxygen atoms in total. The number of allylic oxidation sites excluding steroid dienone is 3. The highest BCUT2D eigenvalue weighted by Gasteiger charge is 1.80. The van der Waals surface area contributed by atoms with Crippen molar-refractivity contribution in [1.82, 2.24) is 0 Å². The Kier molecular flexibility index (Phi) is 12.7. The largest absolute Gasteiger partial charge is 0.198 e. The lowest BCUT2D eigenvalue weighted by Gasteiger charge is -1.83. The summed E-state index contributed by atoms with van der Waals surface area (Å²) >= 11 is 0. The van der Waals surface area contributed by atoms with Gasteiger partial charge in [0.1, 0.15) is 0 Å². The Morgan fingerprint density at radius 2 is 2.10 bits per heavy atom. The van der Waals surface area contributed by atoms with Crippen LogP contribution in [0.4, 0.5) is 0 Å². The van der Waals surface area contributed by atoms with Crippen molar-refractivity contribution in [2.45, 2.75) is 27.2 Å². The van der Waals surface area contributed by atoms with Crippen LogP contribution in [0.3, 0.4) is 0 Å². The number of nitriles is 1. The fourth-order valence-corrected chi connectivity index (χ4v) is 0.396. The van der Waals surface area contributed by atoms with Crippen LogP contribution in [0, 0.1) is 11.3 Å². The fraction of sp³-hybridized carbons (Fsp3) is 0.444. The first kappa shape index (κ1) is 11.7. The van der Waals surface area contributed by atoms with E-state index < -0.39 is 0 Å². The second kappa shape index (κ2) is 10.9. The van der Waals surface area contributed by atoms with Crippen LogP contribution in [0.5, 0.6) is 0 Å². The maximum atomic E-state index is 8.12. The highest BCUT2D eigenvalue weighted by molar-refractivity contribution is 5.17. The SMILES string of the molecule is C=C(/C=C\C)CC#N.CC. The normalized spacial score (nSPS) is 7.80. The predicted octanol–water partition coefficient (Wildman–Crippen LogP) is 3.06. The molecule has 1 heteroatoms. The van der Waals surface area contributed by atoms with E-state index in [-0.39, 0.29) is 0 Å². The highest BCUT2D eigenvalue weighted by atomic mass is 14.2. The maximum absolute atomic E-state index is 8.12. The van der Waals surface area contributed by atoms with Gasteiger partial charge in [-0.2, -0.15) is 5.26 Å². The van der Waals surface area contributed by atoms with Crippen LogP contribution in [0.25, 0.3) is 0 Å². The van der Waals surface area contributed by atoms with E-state index in [1.807, 2.05) is 39.0 Å². The molecule has 0 saturated heterocycles. The third-order valence-electron chi connectivity index (χ3n) is 0.708. The zero-order valence-corrected chi connectivity index (χ0v) is 7.02. The molecule has 0 radical (unpaired) electrons. The minimum Gasteiger partial charge on any atom is -0.198 e. The molecule has 0 rings (SSSR count). The summed E-state index contributed by atoms with van der Waals surface area (Å²) in [6.07, 6.45) is 4.15. The second-order valence-electron chi connectivity index (χ2n) is 1.49. The fourth-order valence-electron chi connectivity index (χ4n) is 0.396. The monoisotopic (exact) mass is 137 g/mol. The van der Waals surface area contributed by atoms with Crippen LogP contribution in [0.1, 0.15) is 27.2 Å². The Morgan fingerprint density at radius 1 is 1.60 bits per heavy atom. The third kappa shape index (κ3) is 10.1. The molecule has 0 unspecified atom stereocenters. The number of nitrogens with zero attached hydrogens (tertiary/aromatic N) is 1. The lowest BCUT2D eigenvalue weighted by atomic mass is 10.2. The van der Waals surface area contributed by atoms with Crippen LogP contribution in [0.2, 0.25) is 0 Å². The molecule has 0 N–H and O–H groups in total. The summed E-state index contributed by atoms with van der Waals surface area (Å²) in [5, 5.41) is 8.12. The molecule has 0 aromatic rings. The van der Waals surface area contributed by atoms with E-state index in [0.29, 0.717) is 6.42 Å². The van der Waals surface area contributed by atoms with Gasteiger partial charge in [-0.25, -0.2) is 0 Å². The van der Waals surface area contributed by atoms with Crippen molar-refractivity contribution in [3.63, 3.8) is 0 Å². The predicted molar refractivity (Wildman–Crippen MR) is 45.5 cm³/mol. The standard InChI is InChI=1S/C7H9N.C2H6/c1-3-4-7(2)5-6-8;1-2/h3-4H,2,5H2,1H3;1-2H3/b4-3-;. The first-order valence-corrected chi connectivity index (χ1v) is 3.48. The number of hydrogen-bond donors (Lipinski definition) is 0. The second-order valence-corrected chi connectivity index (χ2v) is 1.49. The van der Waals surface area contributed by atoms with Gasteiger partial charge in [0.2, 0.25) is 0 Å². The smallest absolute Gasteiger partial charge is 0.0669 e. The van der Waals surface area contributed by atoms with Gasteiger partial charge < -0.3 is 0 Å². The molecule has 0 atom stereocenters. The van der Waals surface area contributed by atoms with Crippen LogP contribution >= 0.6 is 0 Å². The van der Waals surface area contributed by atoms with Gasteiger partial charge in [-0.15, -0.1) is 0 Å². The Bertz CT molecular complexity index is 137. The van der Waals surface area contributed by atoms with Crippen molar-refractivity contribution in [3.05, 3.63) is 24.3 Å². The van der Waals surface area contributed by atoms with E-state index >= 15 is 0 Å². The van der Waals surface area contributed by atoms with E-state index in [9.17, 15) is 0 Å². The third-order valence-corrected chi connectivity index (χ3v) is 0.708. The molecule has 0 saturated carbocycles. The molecule has 10 heavy (non-hydrogen) atoms. The van der Waals surface area contributed by atoms with Crippen LogP contribution in [0.15, 0.2) is 24.3 Å². The van der Waals surface area contributed by atoms with E-state index in [4.69, 9.17) is 5.26 Å². The minimum absolute atomic E-state index is 0.435. The molecule has 0 aromatic heterocycles. The summed E-state index contributed by atoms with van der Waals surface area (Å²) < 4.78 is 0. The number of rotatable bonds is 2. The minimum atomic E-state index is 0.435. The Balaban J connectivity index is 0. The Labute approximate surface area is 63.7 Å². The molecule has 56 valence electrons. The average Bonchev–Trinajstić information content (AvgIpc) is 1.93. The van der Waals surface area contributed by atoms with Gasteiger partial charge in [0.05, 0.1) is 12.5 Å². The first-order valence-electron chi connectivity index (χ1n) is 3.48. The molecule has 0 heterocycles. The van der Waals surface area contributed by atoms with Gasteiger partial charge in [0.15, 0.2) is 0 Å². The van der Waals surface area contributed by atoms with Gasteiger partial charge in [0, 0.05) is 0 Å². The lowest BCUT2D eigenvalue weighted by Crippen LogP contribution is -1.68. The van der Waals surface area contributed by atoms with Crippen molar-refractivity contribution in [1.29, 1.82) is 5.26 Å². The van der Waals surface area contributed by atoms with E-state index in [1.54, 1.807) is 0 Å². The Hall–Kier alpha value is -1.03. The maximum Gasteiger partial charge on any atom is 0.0669 e. The highest BCUT2D eigenvalue weighted by Crippen LogP contribution is 1.96. The molecule has 0 aliphatic rings. The average molecular weight is 137 g/mol. The van der Waals surface area contributed by atoms with Crippen LogP contribution < -0.4 is 0 Å². The van der Waals surface area contributed by atoms with E-state index in [2.05, 4.69) is 6.58 Å². The summed E-state index contributed by atoms with van der Waals surface area (Å²) in [7, 11) is 0. The number of hydrogen-bond acceptors (Lipinski definition) is 1. The zero-order chi connectivity index (χ0) is 8.41. The molecule has 0 aliphatic heterocycles. The van der Waals surface area contributed by atoms with Gasteiger partial charge in [-0.3, -0.25) is 0 Å². The van der Waals surface area contributed by atoms with Crippen molar-refractivity contribution >= 4 is 0 Å². The van der Waals surface area contributed by atoms with Crippen LogP contribution in [-0.2, 0) is 0 Å². The first-order chi connectivity index (χ1) is 4.81. The summed E-state index contributed by atoms with van der Waals surface area (Å²) in [4.78, 5) is 0. The van der Waals surface area contributed by atoms with E-state index in [0.717, 1.165) is 5.57 Å². The summed E-state index contributed by atoms with van der Waals surface area (Å²) in [6.45, 7) is 9.53. The van der Waals surface area contributed by atoms with Crippen molar-refractivity contribution in [2.75, 3.05) is 0 Å². The molecular formula is C9H15N. The molecule has 0 aliphatic carbocycles. The van der Waals surface area contributed by atoms with E-state index in [1.165, 1.54) is 0 Å². The van der Waals surface area contributed by atoms with Crippen LogP contribution in [-0.4, -0.2) is 0 Å². The van der Waals surface area contributed by atoms with Crippen molar-refractivity contribution in [2.24, 2.45) is 0 Å². The molecule has 0 amide bonds. The molecule has 0 fully saturated rings. The summed E-state index contributed by atoms with van der Waals surface area (Å²) in [5.41, 5.74) is 0.870.